The molecule has 148 valence electrons. The van der Waals surface area contributed by atoms with Crippen molar-refractivity contribution >= 4 is 41.5 Å². The van der Waals surface area contributed by atoms with E-state index in [-0.39, 0.29) is 24.0 Å². The van der Waals surface area contributed by atoms with Gasteiger partial charge in [0.1, 0.15) is 12.4 Å². The van der Waals surface area contributed by atoms with Crippen LogP contribution in [0.1, 0.15) is 11.1 Å². The van der Waals surface area contributed by atoms with Gasteiger partial charge in [0.2, 0.25) is 0 Å². The molecule has 0 atom stereocenters. The summed E-state index contributed by atoms with van der Waals surface area (Å²) in [5.74, 6) is 1.61. The van der Waals surface area contributed by atoms with Crippen molar-refractivity contribution in [2.45, 2.75) is 13.0 Å². The summed E-state index contributed by atoms with van der Waals surface area (Å²) in [6, 6.07) is 15.9. The normalized spacial score (nSPS) is 10.9. The molecule has 0 heterocycles. The Bertz CT molecular complexity index is 696. The SMILES string of the molecule is CN=C(NCCc1cccc(Cl)c1)NCc1ccc(OCCOC)cc1.I. The molecule has 2 aromatic rings. The van der Waals surface area contributed by atoms with Gasteiger partial charge in [-0.15, -0.1) is 24.0 Å². The van der Waals surface area contributed by atoms with Gasteiger partial charge in [-0.1, -0.05) is 35.9 Å². The van der Waals surface area contributed by atoms with Gasteiger partial charge in [0.05, 0.1) is 6.61 Å². The van der Waals surface area contributed by atoms with Gasteiger partial charge in [-0.05, 0) is 41.8 Å². The van der Waals surface area contributed by atoms with E-state index in [4.69, 9.17) is 21.1 Å². The average molecular weight is 504 g/mol. The second-order valence-corrected chi connectivity index (χ2v) is 6.15. The summed E-state index contributed by atoms with van der Waals surface area (Å²) in [6.45, 7) is 2.61. The Labute approximate surface area is 183 Å². The zero-order valence-electron chi connectivity index (χ0n) is 15.7. The van der Waals surface area contributed by atoms with Crippen LogP contribution in [0.2, 0.25) is 5.02 Å². The minimum absolute atomic E-state index is 0. The van der Waals surface area contributed by atoms with Crippen molar-refractivity contribution in [2.75, 3.05) is 33.9 Å². The Balaban J connectivity index is 0.00000364. The van der Waals surface area contributed by atoms with Crippen molar-refractivity contribution in [3.8, 4) is 5.75 Å². The van der Waals surface area contributed by atoms with E-state index in [0.29, 0.717) is 19.8 Å². The molecule has 0 fully saturated rings. The molecule has 2 rings (SSSR count). The summed E-state index contributed by atoms with van der Waals surface area (Å²) in [7, 11) is 3.43. The molecular weight excluding hydrogens is 477 g/mol. The molecule has 0 aliphatic rings. The number of hydrogen-bond donors (Lipinski definition) is 2. The molecule has 27 heavy (non-hydrogen) atoms. The molecule has 2 aromatic carbocycles. The molecular formula is C20H27ClIN3O2. The third-order valence-electron chi connectivity index (χ3n) is 3.76. The number of ether oxygens (including phenoxy) is 2. The Morgan fingerprint density at radius 1 is 1.04 bits per heavy atom. The fraction of sp³-hybridized carbons (Fsp3) is 0.350. The molecule has 5 nitrogen and oxygen atoms in total. The zero-order chi connectivity index (χ0) is 18.6. The van der Waals surface area contributed by atoms with Crippen molar-refractivity contribution in [1.29, 1.82) is 0 Å². The number of guanidine groups is 1. The van der Waals surface area contributed by atoms with E-state index in [1.165, 1.54) is 5.56 Å². The third-order valence-corrected chi connectivity index (χ3v) is 3.99. The maximum absolute atomic E-state index is 6.01. The smallest absolute Gasteiger partial charge is 0.191 e. The van der Waals surface area contributed by atoms with Gasteiger partial charge in [0.15, 0.2) is 5.96 Å². The number of nitrogens with zero attached hydrogens (tertiary/aromatic N) is 1. The van der Waals surface area contributed by atoms with Gasteiger partial charge >= 0.3 is 0 Å². The average Bonchev–Trinajstić information content (AvgIpc) is 2.66. The lowest BCUT2D eigenvalue weighted by molar-refractivity contribution is 0.146. The van der Waals surface area contributed by atoms with E-state index in [2.05, 4.69) is 21.7 Å². The van der Waals surface area contributed by atoms with E-state index in [1.807, 2.05) is 42.5 Å². The molecule has 0 aromatic heterocycles. The summed E-state index contributed by atoms with van der Waals surface area (Å²) >= 11 is 6.01. The first kappa shape index (κ1) is 23.5. The molecule has 2 N–H and O–H groups in total. The Morgan fingerprint density at radius 2 is 1.81 bits per heavy atom. The monoisotopic (exact) mass is 503 g/mol. The lowest BCUT2D eigenvalue weighted by Crippen LogP contribution is -2.37. The molecule has 0 amide bonds. The van der Waals surface area contributed by atoms with Crippen molar-refractivity contribution in [3.63, 3.8) is 0 Å². The minimum Gasteiger partial charge on any atom is -0.491 e. The highest BCUT2D eigenvalue weighted by Gasteiger charge is 2.00. The second-order valence-electron chi connectivity index (χ2n) is 5.72. The first-order valence-corrected chi connectivity index (χ1v) is 8.98. The quantitative estimate of drug-likeness (QED) is 0.236. The lowest BCUT2D eigenvalue weighted by Gasteiger charge is -2.12. The van der Waals surface area contributed by atoms with Crippen molar-refractivity contribution in [3.05, 3.63) is 64.7 Å². The van der Waals surface area contributed by atoms with Gasteiger partial charge in [-0.25, -0.2) is 0 Å². The lowest BCUT2D eigenvalue weighted by atomic mass is 10.1. The van der Waals surface area contributed by atoms with Crippen LogP contribution in [0.15, 0.2) is 53.5 Å². The molecule has 0 saturated carbocycles. The maximum Gasteiger partial charge on any atom is 0.191 e. The van der Waals surface area contributed by atoms with E-state index in [0.717, 1.165) is 35.3 Å². The summed E-state index contributed by atoms with van der Waals surface area (Å²) in [5.41, 5.74) is 2.35. The molecule has 7 heteroatoms. The van der Waals surface area contributed by atoms with Crippen molar-refractivity contribution < 1.29 is 9.47 Å². The van der Waals surface area contributed by atoms with E-state index in [1.54, 1.807) is 14.2 Å². The maximum atomic E-state index is 6.01. The van der Waals surface area contributed by atoms with Gasteiger partial charge < -0.3 is 20.1 Å². The minimum atomic E-state index is 0. The molecule has 0 bridgehead atoms. The molecule has 0 aliphatic carbocycles. The summed E-state index contributed by atoms with van der Waals surface area (Å²) < 4.78 is 10.5. The third kappa shape index (κ3) is 9.30. The zero-order valence-corrected chi connectivity index (χ0v) is 18.8. The van der Waals surface area contributed by atoms with Crippen LogP contribution in [-0.4, -0.2) is 39.9 Å². The topological polar surface area (TPSA) is 54.9 Å². The van der Waals surface area contributed by atoms with E-state index in [9.17, 15) is 0 Å². The predicted molar refractivity (Wildman–Crippen MR) is 123 cm³/mol. The van der Waals surface area contributed by atoms with Crippen molar-refractivity contribution in [2.24, 2.45) is 4.99 Å². The summed E-state index contributed by atoms with van der Waals surface area (Å²) in [4.78, 5) is 4.25. The van der Waals surface area contributed by atoms with Crippen molar-refractivity contribution in [1.82, 2.24) is 10.6 Å². The number of hydrogen-bond acceptors (Lipinski definition) is 3. The predicted octanol–water partition coefficient (Wildman–Crippen LogP) is 3.89. The highest BCUT2D eigenvalue weighted by Crippen LogP contribution is 2.12. The van der Waals surface area contributed by atoms with Gasteiger partial charge in [-0.2, -0.15) is 0 Å². The first-order valence-electron chi connectivity index (χ1n) is 8.61. The summed E-state index contributed by atoms with van der Waals surface area (Å²) in [6.07, 6.45) is 0.884. The van der Waals surface area contributed by atoms with Crippen LogP contribution in [0.25, 0.3) is 0 Å². The first-order chi connectivity index (χ1) is 12.7. The fourth-order valence-corrected chi connectivity index (χ4v) is 2.58. The van der Waals surface area contributed by atoms with Crippen LogP contribution in [0.5, 0.6) is 5.75 Å². The van der Waals surface area contributed by atoms with Crippen LogP contribution < -0.4 is 15.4 Å². The Kier molecular flexibility index (Phi) is 11.9. The second kappa shape index (κ2) is 13.6. The van der Waals surface area contributed by atoms with Crippen LogP contribution in [0, 0.1) is 0 Å². The number of rotatable bonds is 9. The number of methoxy groups -OCH3 is 1. The Morgan fingerprint density at radius 3 is 2.48 bits per heavy atom. The van der Waals surface area contributed by atoms with Gasteiger partial charge in [-0.3, -0.25) is 4.99 Å². The van der Waals surface area contributed by atoms with Gasteiger partial charge in [0.25, 0.3) is 0 Å². The van der Waals surface area contributed by atoms with E-state index < -0.39 is 0 Å². The van der Waals surface area contributed by atoms with Crippen LogP contribution in [0.3, 0.4) is 0 Å². The Hall–Kier alpha value is -1.51. The van der Waals surface area contributed by atoms with Crippen LogP contribution in [0.4, 0.5) is 0 Å². The standard InChI is InChI=1S/C20H26ClN3O2.HI/c1-22-20(23-11-10-16-4-3-5-18(21)14-16)24-15-17-6-8-19(9-7-17)26-13-12-25-2;/h3-9,14H,10-13,15H2,1-2H3,(H2,22,23,24);1H. The van der Waals surface area contributed by atoms with E-state index >= 15 is 0 Å². The highest BCUT2D eigenvalue weighted by molar-refractivity contribution is 14.0. The highest BCUT2D eigenvalue weighted by atomic mass is 127. The summed E-state index contributed by atoms with van der Waals surface area (Å²) in [5, 5.41) is 7.38. The molecule has 0 radical (unpaired) electrons. The molecule has 0 unspecified atom stereocenters. The molecule has 0 aliphatic heterocycles. The largest absolute Gasteiger partial charge is 0.491 e. The molecule has 0 saturated heterocycles. The van der Waals surface area contributed by atoms with Gasteiger partial charge in [0, 0.05) is 32.3 Å². The number of benzene rings is 2. The number of halogens is 2. The number of nitrogens with one attached hydrogen (secondary N) is 2. The fourth-order valence-electron chi connectivity index (χ4n) is 2.37. The number of aliphatic imine (C=N–C) groups is 1. The van der Waals surface area contributed by atoms with Crippen LogP contribution >= 0.6 is 35.6 Å². The molecule has 0 spiro atoms. The van der Waals surface area contributed by atoms with Crippen LogP contribution in [-0.2, 0) is 17.7 Å².